The summed E-state index contributed by atoms with van der Waals surface area (Å²) in [6.07, 6.45) is -0.0782. The first-order valence-electron chi connectivity index (χ1n) is 6.94. The van der Waals surface area contributed by atoms with Crippen LogP contribution in [0.5, 0.6) is 0 Å². The zero-order valence-electron chi connectivity index (χ0n) is 12.7. The normalized spacial score (nSPS) is 10.7. The van der Waals surface area contributed by atoms with Gasteiger partial charge in [-0.1, -0.05) is 55.1 Å². The van der Waals surface area contributed by atoms with Crippen LogP contribution in [0.3, 0.4) is 0 Å². The molecule has 122 valence electrons. The highest BCUT2D eigenvalue weighted by Gasteiger charge is 2.16. The number of nitro benzene ring substituents is 1. The van der Waals surface area contributed by atoms with Gasteiger partial charge in [-0.3, -0.25) is 14.9 Å². The maximum absolute atomic E-state index is 12.0. The summed E-state index contributed by atoms with van der Waals surface area (Å²) in [5.41, 5.74) is 0.307. The van der Waals surface area contributed by atoms with Gasteiger partial charge in [0.25, 0.3) is 5.69 Å². The van der Waals surface area contributed by atoms with Crippen molar-refractivity contribution in [3.63, 3.8) is 0 Å². The van der Waals surface area contributed by atoms with E-state index < -0.39 is 4.92 Å². The average molecular weight is 352 g/mol. The van der Waals surface area contributed by atoms with E-state index in [9.17, 15) is 14.9 Å². The lowest BCUT2D eigenvalue weighted by atomic mass is 10.1. The molecule has 0 saturated heterocycles. The second kappa shape index (κ2) is 8.02. The van der Waals surface area contributed by atoms with Crippen molar-refractivity contribution in [2.24, 2.45) is 5.92 Å². The van der Waals surface area contributed by atoms with E-state index in [1.54, 1.807) is 30.0 Å². The lowest BCUT2D eigenvalue weighted by molar-refractivity contribution is -0.385. The molecule has 0 atom stereocenters. The summed E-state index contributed by atoms with van der Waals surface area (Å²) in [5.74, 6) is 1.12. The first-order chi connectivity index (χ1) is 11.0. The Labute approximate surface area is 141 Å². The van der Waals surface area contributed by atoms with Crippen LogP contribution >= 0.6 is 23.1 Å². The zero-order chi connectivity index (χ0) is 16.8. The summed E-state index contributed by atoms with van der Waals surface area (Å²) in [6, 6.07) is 6.19. The van der Waals surface area contributed by atoms with E-state index in [1.165, 1.54) is 17.4 Å². The summed E-state index contributed by atoms with van der Waals surface area (Å²) in [4.78, 5) is 22.5. The molecular formula is C14H16N4O3S2. The lowest BCUT2D eigenvalue weighted by Crippen LogP contribution is -2.15. The predicted octanol–water partition coefficient (Wildman–Crippen LogP) is 3.38. The van der Waals surface area contributed by atoms with Crippen LogP contribution in [0.15, 0.2) is 28.6 Å². The standard InChI is InChI=1S/C14H16N4O3S2/c1-9(2)8-22-14-17-16-13(23-14)15-12(19)7-10-5-3-4-6-11(10)18(20)21/h3-6,9H,7-8H2,1-2H3,(H,15,16,19). The lowest BCUT2D eigenvalue weighted by Gasteiger charge is -2.02. The van der Waals surface area contributed by atoms with Crippen LogP contribution in [-0.4, -0.2) is 26.8 Å². The number of carbonyl (C=O) groups is 1. The third kappa shape index (κ3) is 5.29. The van der Waals surface area contributed by atoms with Crippen LogP contribution in [-0.2, 0) is 11.2 Å². The van der Waals surface area contributed by atoms with Crippen molar-refractivity contribution >= 4 is 39.8 Å². The first kappa shape index (κ1) is 17.4. The minimum Gasteiger partial charge on any atom is -0.300 e. The van der Waals surface area contributed by atoms with E-state index in [0.717, 1.165) is 10.1 Å². The monoisotopic (exact) mass is 352 g/mol. The number of nitro groups is 1. The summed E-state index contributed by atoms with van der Waals surface area (Å²) in [7, 11) is 0. The van der Waals surface area contributed by atoms with Crippen LogP contribution in [0.1, 0.15) is 19.4 Å². The minimum atomic E-state index is -0.492. The third-order valence-corrected chi connectivity index (χ3v) is 5.13. The molecule has 1 aromatic carbocycles. The van der Waals surface area contributed by atoms with E-state index in [-0.39, 0.29) is 18.0 Å². The molecule has 9 heteroatoms. The van der Waals surface area contributed by atoms with Crippen molar-refractivity contribution in [3.8, 4) is 0 Å². The van der Waals surface area contributed by atoms with Gasteiger partial charge in [0.2, 0.25) is 11.0 Å². The van der Waals surface area contributed by atoms with Crippen molar-refractivity contribution in [3.05, 3.63) is 39.9 Å². The Hall–Kier alpha value is -2.00. The molecule has 0 bridgehead atoms. The van der Waals surface area contributed by atoms with Gasteiger partial charge in [0.05, 0.1) is 11.3 Å². The summed E-state index contributed by atoms with van der Waals surface area (Å²) in [6.45, 7) is 4.23. The fourth-order valence-corrected chi connectivity index (χ4v) is 3.48. The second-order valence-electron chi connectivity index (χ2n) is 5.19. The smallest absolute Gasteiger partial charge is 0.273 e. The van der Waals surface area contributed by atoms with Crippen LogP contribution in [0.2, 0.25) is 0 Å². The Kier molecular flexibility index (Phi) is 6.05. The van der Waals surface area contributed by atoms with Gasteiger partial charge in [0.1, 0.15) is 0 Å². The van der Waals surface area contributed by atoms with E-state index in [1.807, 2.05) is 0 Å². The number of aromatic nitrogens is 2. The van der Waals surface area contributed by atoms with Crippen LogP contribution in [0.25, 0.3) is 0 Å². The summed E-state index contributed by atoms with van der Waals surface area (Å²) in [5, 5.41) is 21.9. The molecular weight excluding hydrogens is 336 g/mol. The number of hydrogen-bond acceptors (Lipinski definition) is 7. The van der Waals surface area contributed by atoms with Gasteiger partial charge in [-0.2, -0.15) is 0 Å². The Bertz CT molecular complexity index is 703. The highest BCUT2D eigenvalue weighted by Crippen LogP contribution is 2.27. The molecule has 7 nitrogen and oxygen atoms in total. The molecule has 0 radical (unpaired) electrons. The maximum atomic E-state index is 12.0. The molecule has 0 saturated carbocycles. The molecule has 1 aromatic heterocycles. The van der Waals surface area contributed by atoms with Crippen molar-refractivity contribution in [1.29, 1.82) is 0 Å². The highest BCUT2D eigenvalue weighted by molar-refractivity contribution is 8.01. The Morgan fingerprint density at radius 1 is 1.39 bits per heavy atom. The fraction of sp³-hybridized carbons (Fsp3) is 0.357. The van der Waals surface area contributed by atoms with Crippen LogP contribution in [0, 0.1) is 16.0 Å². The maximum Gasteiger partial charge on any atom is 0.273 e. The van der Waals surface area contributed by atoms with E-state index >= 15 is 0 Å². The number of carbonyl (C=O) groups excluding carboxylic acids is 1. The van der Waals surface area contributed by atoms with Gasteiger partial charge < -0.3 is 5.32 Å². The number of rotatable bonds is 7. The fourth-order valence-electron chi connectivity index (χ4n) is 1.73. The summed E-state index contributed by atoms with van der Waals surface area (Å²) < 4.78 is 0.791. The molecule has 1 N–H and O–H groups in total. The molecule has 1 heterocycles. The summed E-state index contributed by atoms with van der Waals surface area (Å²) >= 11 is 2.89. The molecule has 0 fully saturated rings. The molecule has 2 rings (SSSR count). The molecule has 0 spiro atoms. The quantitative estimate of drug-likeness (QED) is 0.355. The number of hydrogen-bond donors (Lipinski definition) is 1. The van der Waals surface area contributed by atoms with Gasteiger partial charge in [-0.15, -0.1) is 10.2 Å². The second-order valence-corrected chi connectivity index (χ2v) is 7.43. The van der Waals surface area contributed by atoms with E-state index in [2.05, 4.69) is 29.4 Å². The minimum absolute atomic E-state index is 0.0620. The van der Waals surface area contributed by atoms with Gasteiger partial charge >= 0.3 is 0 Å². The number of benzene rings is 1. The number of thioether (sulfide) groups is 1. The molecule has 0 unspecified atom stereocenters. The highest BCUT2D eigenvalue weighted by atomic mass is 32.2. The van der Waals surface area contributed by atoms with Crippen LogP contribution in [0.4, 0.5) is 10.8 Å². The van der Waals surface area contributed by atoms with E-state index in [0.29, 0.717) is 16.6 Å². The van der Waals surface area contributed by atoms with Crippen molar-refractivity contribution in [1.82, 2.24) is 10.2 Å². The van der Waals surface area contributed by atoms with Crippen molar-refractivity contribution in [2.45, 2.75) is 24.6 Å². The third-order valence-electron chi connectivity index (χ3n) is 2.73. The van der Waals surface area contributed by atoms with E-state index in [4.69, 9.17) is 0 Å². The van der Waals surface area contributed by atoms with Gasteiger partial charge in [0.15, 0.2) is 4.34 Å². The predicted molar refractivity (Wildman–Crippen MR) is 90.9 cm³/mol. The average Bonchev–Trinajstić information content (AvgIpc) is 2.92. The van der Waals surface area contributed by atoms with Gasteiger partial charge in [0, 0.05) is 17.4 Å². The number of para-hydroxylation sites is 1. The molecule has 0 aliphatic rings. The molecule has 2 aromatic rings. The molecule has 0 aliphatic carbocycles. The van der Waals surface area contributed by atoms with Crippen molar-refractivity contribution < 1.29 is 9.72 Å². The molecule has 23 heavy (non-hydrogen) atoms. The van der Waals surface area contributed by atoms with Crippen molar-refractivity contribution in [2.75, 3.05) is 11.1 Å². The Morgan fingerprint density at radius 2 is 2.13 bits per heavy atom. The van der Waals surface area contributed by atoms with Crippen LogP contribution < -0.4 is 5.32 Å². The number of nitrogens with zero attached hydrogens (tertiary/aromatic N) is 3. The number of nitrogens with one attached hydrogen (secondary N) is 1. The SMILES string of the molecule is CC(C)CSc1nnc(NC(=O)Cc2ccccc2[N+](=O)[O-])s1. The largest absolute Gasteiger partial charge is 0.300 e. The Morgan fingerprint density at radius 3 is 2.83 bits per heavy atom. The Balaban J connectivity index is 1.96. The van der Waals surface area contributed by atoms with Gasteiger partial charge in [-0.25, -0.2) is 0 Å². The number of amides is 1. The molecule has 1 amide bonds. The zero-order valence-corrected chi connectivity index (χ0v) is 14.3. The first-order valence-corrected chi connectivity index (χ1v) is 8.74. The number of anilines is 1. The van der Waals surface area contributed by atoms with Gasteiger partial charge in [-0.05, 0) is 5.92 Å². The molecule has 0 aliphatic heterocycles. The topological polar surface area (TPSA) is 98.0 Å².